The number of carbonyl (C=O) groups is 1. The van der Waals surface area contributed by atoms with Gasteiger partial charge in [0, 0.05) is 24.6 Å². The lowest BCUT2D eigenvalue weighted by Crippen LogP contribution is -2.41. The maximum absolute atomic E-state index is 11.6. The van der Waals surface area contributed by atoms with Crippen LogP contribution in [0.1, 0.15) is 27.2 Å². The molecule has 100 valence electrons. The molecule has 0 unspecified atom stereocenters. The third-order valence-corrected chi connectivity index (χ3v) is 2.02. The minimum atomic E-state index is -0.199. The van der Waals surface area contributed by atoms with Crippen LogP contribution in [0.3, 0.4) is 0 Å². The summed E-state index contributed by atoms with van der Waals surface area (Å²) < 4.78 is 4.98. The van der Waals surface area contributed by atoms with Crippen molar-refractivity contribution in [2.24, 2.45) is 0 Å². The number of carbonyl (C=O) groups excluding carboxylic acids is 1. The van der Waals surface area contributed by atoms with Crippen LogP contribution in [-0.2, 0) is 4.79 Å². The highest BCUT2D eigenvalue weighted by molar-refractivity contribution is 5.77. The molecule has 0 aromatic carbocycles. The van der Waals surface area contributed by atoms with E-state index in [1.165, 1.54) is 6.33 Å². The van der Waals surface area contributed by atoms with Crippen molar-refractivity contribution < 1.29 is 9.53 Å². The highest BCUT2D eigenvalue weighted by Crippen LogP contribution is 2.09. The molecule has 0 bridgehead atoms. The zero-order valence-corrected chi connectivity index (χ0v) is 11.3. The zero-order chi connectivity index (χ0) is 13.6. The maximum Gasteiger partial charge on any atom is 0.222 e. The predicted molar refractivity (Wildman–Crippen MR) is 69.6 cm³/mol. The molecule has 1 aromatic heterocycles. The highest BCUT2D eigenvalue weighted by atomic mass is 16.5. The van der Waals surface area contributed by atoms with Crippen molar-refractivity contribution >= 4 is 11.7 Å². The number of methoxy groups -OCH3 is 1. The van der Waals surface area contributed by atoms with Crippen molar-refractivity contribution in [2.45, 2.75) is 32.7 Å². The number of amides is 1. The monoisotopic (exact) mass is 252 g/mol. The van der Waals surface area contributed by atoms with Gasteiger partial charge in [-0.25, -0.2) is 9.97 Å². The largest absolute Gasteiger partial charge is 0.481 e. The van der Waals surface area contributed by atoms with Crippen LogP contribution in [0.25, 0.3) is 0 Å². The van der Waals surface area contributed by atoms with E-state index < -0.39 is 0 Å². The third-order valence-electron chi connectivity index (χ3n) is 2.02. The minimum Gasteiger partial charge on any atom is -0.481 e. The topological polar surface area (TPSA) is 76.1 Å². The molecular weight excluding hydrogens is 232 g/mol. The average molecular weight is 252 g/mol. The molecule has 1 rings (SSSR count). The lowest BCUT2D eigenvalue weighted by molar-refractivity contribution is -0.122. The lowest BCUT2D eigenvalue weighted by atomic mass is 10.1. The second kappa shape index (κ2) is 6.18. The fourth-order valence-corrected chi connectivity index (χ4v) is 1.33. The zero-order valence-electron chi connectivity index (χ0n) is 11.3. The van der Waals surface area contributed by atoms with Gasteiger partial charge in [-0.15, -0.1) is 0 Å². The van der Waals surface area contributed by atoms with Crippen LogP contribution in [0.15, 0.2) is 12.4 Å². The standard InChI is InChI=1S/C12H20N4O2/c1-12(2,3)16-10(17)5-6-13-9-7-11(18-4)15-8-14-9/h7-8H,5-6H2,1-4H3,(H,16,17)(H,13,14,15). The number of nitrogens with one attached hydrogen (secondary N) is 2. The molecule has 0 fully saturated rings. The van der Waals surface area contributed by atoms with E-state index in [1.807, 2.05) is 20.8 Å². The SMILES string of the molecule is COc1cc(NCCC(=O)NC(C)(C)C)ncn1. The molecule has 0 aliphatic heterocycles. The van der Waals surface area contributed by atoms with Gasteiger partial charge in [0.25, 0.3) is 0 Å². The number of ether oxygens (including phenoxy) is 1. The molecule has 0 atom stereocenters. The number of anilines is 1. The Kier molecular flexibility index (Phi) is 4.88. The number of aromatic nitrogens is 2. The molecule has 6 nitrogen and oxygen atoms in total. The van der Waals surface area contributed by atoms with E-state index in [1.54, 1.807) is 13.2 Å². The van der Waals surface area contributed by atoms with Crippen LogP contribution in [-0.4, -0.2) is 35.1 Å². The Morgan fingerprint density at radius 3 is 2.72 bits per heavy atom. The first-order chi connectivity index (χ1) is 8.40. The van der Waals surface area contributed by atoms with E-state index in [-0.39, 0.29) is 11.4 Å². The summed E-state index contributed by atoms with van der Waals surface area (Å²) in [5.74, 6) is 1.15. The van der Waals surface area contributed by atoms with Gasteiger partial charge in [-0.3, -0.25) is 4.79 Å². The van der Waals surface area contributed by atoms with Gasteiger partial charge in [-0.2, -0.15) is 0 Å². The number of rotatable bonds is 5. The van der Waals surface area contributed by atoms with Crippen LogP contribution < -0.4 is 15.4 Å². The summed E-state index contributed by atoms with van der Waals surface area (Å²) in [6.07, 6.45) is 1.81. The summed E-state index contributed by atoms with van der Waals surface area (Å²) in [7, 11) is 1.54. The molecule has 0 saturated carbocycles. The van der Waals surface area contributed by atoms with Crippen LogP contribution in [0.4, 0.5) is 5.82 Å². The minimum absolute atomic E-state index is 0.0102. The van der Waals surface area contributed by atoms with Crippen LogP contribution >= 0.6 is 0 Å². The second-order valence-electron chi connectivity index (χ2n) is 4.92. The summed E-state index contributed by atoms with van der Waals surface area (Å²) in [6, 6.07) is 1.68. The van der Waals surface area contributed by atoms with E-state index >= 15 is 0 Å². The number of hydrogen-bond donors (Lipinski definition) is 2. The molecule has 2 N–H and O–H groups in total. The summed E-state index contributed by atoms with van der Waals surface area (Å²) in [4.78, 5) is 19.5. The molecule has 1 aromatic rings. The molecular formula is C12H20N4O2. The van der Waals surface area contributed by atoms with E-state index in [9.17, 15) is 4.79 Å². The smallest absolute Gasteiger partial charge is 0.222 e. The van der Waals surface area contributed by atoms with Gasteiger partial charge in [0.15, 0.2) is 0 Å². The Balaban J connectivity index is 2.35. The van der Waals surface area contributed by atoms with Gasteiger partial charge in [0.2, 0.25) is 11.8 Å². The van der Waals surface area contributed by atoms with Gasteiger partial charge in [-0.05, 0) is 20.8 Å². The van der Waals surface area contributed by atoms with Gasteiger partial charge in [-0.1, -0.05) is 0 Å². The molecule has 1 heterocycles. The molecule has 6 heteroatoms. The third kappa shape index (κ3) is 5.47. The van der Waals surface area contributed by atoms with Gasteiger partial charge in [0.1, 0.15) is 12.1 Å². The quantitative estimate of drug-likeness (QED) is 0.823. The van der Waals surface area contributed by atoms with E-state index in [2.05, 4.69) is 20.6 Å². The summed E-state index contributed by atoms with van der Waals surface area (Å²) in [6.45, 7) is 6.37. The second-order valence-corrected chi connectivity index (χ2v) is 4.92. The van der Waals surface area contributed by atoms with Gasteiger partial charge < -0.3 is 15.4 Å². The van der Waals surface area contributed by atoms with Crippen molar-refractivity contribution in [3.8, 4) is 5.88 Å². The van der Waals surface area contributed by atoms with Crippen molar-refractivity contribution in [3.05, 3.63) is 12.4 Å². The molecule has 0 aliphatic rings. The average Bonchev–Trinajstić information content (AvgIpc) is 2.27. The first-order valence-electron chi connectivity index (χ1n) is 5.81. The summed E-state index contributed by atoms with van der Waals surface area (Å²) in [5.41, 5.74) is -0.199. The van der Waals surface area contributed by atoms with Crippen LogP contribution in [0, 0.1) is 0 Å². The van der Waals surface area contributed by atoms with Gasteiger partial charge >= 0.3 is 0 Å². The first kappa shape index (κ1) is 14.2. The van der Waals surface area contributed by atoms with Crippen molar-refractivity contribution in [2.75, 3.05) is 19.0 Å². The Morgan fingerprint density at radius 1 is 1.39 bits per heavy atom. The molecule has 0 radical (unpaired) electrons. The maximum atomic E-state index is 11.6. The molecule has 1 amide bonds. The van der Waals surface area contributed by atoms with E-state index in [4.69, 9.17) is 4.74 Å². The highest BCUT2D eigenvalue weighted by Gasteiger charge is 2.12. The number of nitrogens with zero attached hydrogens (tertiary/aromatic N) is 2. The number of hydrogen-bond acceptors (Lipinski definition) is 5. The van der Waals surface area contributed by atoms with E-state index in [0.29, 0.717) is 24.7 Å². The van der Waals surface area contributed by atoms with Gasteiger partial charge in [0.05, 0.1) is 7.11 Å². The lowest BCUT2D eigenvalue weighted by Gasteiger charge is -2.20. The Hall–Kier alpha value is -1.85. The molecule has 0 spiro atoms. The van der Waals surface area contributed by atoms with Crippen molar-refractivity contribution in [1.29, 1.82) is 0 Å². The van der Waals surface area contributed by atoms with Crippen LogP contribution in [0.2, 0.25) is 0 Å². The molecule has 0 aliphatic carbocycles. The molecule has 0 saturated heterocycles. The van der Waals surface area contributed by atoms with Crippen molar-refractivity contribution in [3.63, 3.8) is 0 Å². The van der Waals surface area contributed by atoms with Crippen LogP contribution in [0.5, 0.6) is 5.88 Å². The fraction of sp³-hybridized carbons (Fsp3) is 0.583. The first-order valence-corrected chi connectivity index (χ1v) is 5.81. The predicted octanol–water partition coefficient (Wildman–Crippen LogP) is 1.20. The summed E-state index contributed by atoms with van der Waals surface area (Å²) >= 11 is 0. The normalized spacial score (nSPS) is 10.9. The Labute approximate surface area is 107 Å². The van der Waals surface area contributed by atoms with Crippen molar-refractivity contribution in [1.82, 2.24) is 15.3 Å². The Bertz CT molecular complexity index is 401. The summed E-state index contributed by atoms with van der Waals surface area (Å²) in [5, 5.41) is 5.94. The van der Waals surface area contributed by atoms with E-state index in [0.717, 1.165) is 0 Å². The Morgan fingerprint density at radius 2 is 2.11 bits per heavy atom. The fourth-order valence-electron chi connectivity index (χ4n) is 1.33. The molecule has 18 heavy (non-hydrogen) atoms.